The van der Waals surface area contributed by atoms with Crippen molar-refractivity contribution in [3.05, 3.63) is 35.9 Å². The lowest BCUT2D eigenvalue weighted by molar-refractivity contribution is 0.0723. The summed E-state index contributed by atoms with van der Waals surface area (Å²) >= 11 is 0. The third kappa shape index (κ3) is 3.29. The van der Waals surface area contributed by atoms with Crippen LogP contribution in [0.5, 0.6) is 0 Å². The molecule has 6 heteroatoms. The van der Waals surface area contributed by atoms with Gasteiger partial charge in [0.2, 0.25) is 0 Å². The number of morpholine rings is 1. The third-order valence-corrected chi connectivity index (χ3v) is 4.63. The van der Waals surface area contributed by atoms with Gasteiger partial charge >= 0.3 is 0 Å². The monoisotopic (exact) mass is 270 g/mol. The maximum atomic E-state index is 12.1. The van der Waals surface area contributed by atoms with E-state index in [1.54, 1.807) is 0 Å². The summed E-state index contributed by atoms with van der Waals surface area (Å²) in [5, 5.41) is 0. The minimum atomic E-state index is -3.43. The van der Waals surface area contributed by atoms with Crippen LogP contribution >= 0.6 is 0 Å². The lowest BCUT2D eigenvalue weighted by atomic mass is 10.1. The van der Waals surface area contributed by atoms with E-state index < -0.39 is 10.2 Å². The topological polar surface area (TPSA) is 58.6 Å². The van der Waals surface area contributed by atoms with E-state index in [9.17, 15) is 8.42 Å². The summed E-state index contributed by atoms with van der Waals surface area (Å²) in [5.74, 6) is 0. The van der Waals surface area contributed by atoms with E-state index >= 15 is 0 Å². The van der Waals surface area contributed by atoms with E-state index in [0.717, 1.165) is 5.56 Å². The van der Waals surface area contributed by atoms with Crippen molar-refractivity contribution in [1.82, 2.24) is 9.03 Å². The molecule has 1 heterocycles. The Labute approximate surface area is 108 Å². The molecule has 1 N–H and O–H groups in total. The number of hydrogen-bond acceptors (Lipinski definition) is 3. The molecular formula is C12H18N2O3S. The molecule has 2 rings (SSSR count). The molecule has 0 aromatic heterocycles. The van der Waals surface area contributed by atoms with Crippen LogP contribution in [-0.2, 0) is 14.9 Å². The molecule has 0 bridgehead atoms. The Kier molecular flexibility index (Phi) is 4.34. The second kappa shape index (κ2) is 5.79. The highest BCUT2D eigenvalue weighted by atomic mass is 32.2. The lowest BCUT2D eigenvalue weighted by Crippen LogP contribution is -2.47. The van der Waals surface area contributed by atoms with E-state index in [4.69, 9.17) is 4.74 Å². The Morgan fingerprint density at radius 1 is 1.22 bits per heavy atom. The molecular weight excluding hydrogens is 252 g/mol. The van der Waals surface area contributed by atoms with Gasteiger partial charge in [0.1, 0.15) is 0 Å². The van der Waals surface area contributed by atoms with Crippen molar-refractivity contribution in [2.45, 2.75) is 13.0 Å². The second-order valence-corrected chi connectivity index (χ2v) is 5.97. The molecule has 1 unspecified atom stereocenters. The molecule has 1 aliphatic rings. The molecule has 0 spiro atoms. The molecule has 100 valence electrons. The molecule has 5 nitrogen and oxygen atoms in total. The van der Waals surface area contributed by atoms with Crippen molar-refractivity contribution < 1.29 is 13.2 Å². The molecule has 1 aliphatic heterocycles. The SMILES string of the molecule is CC(NS(=O)(=O)N1CCOCC1)c1ccccc1. The first-order valence-corrected chi connectivity index (χ1v) is 7.44. The van der Waals surface area contributed by atoms with Crippen molar-refractivity contribution in [2.24, 2.45) is 0 Å². The number of ether oxygens (including phenoxy) is 1. The fourth-order valence-corrected chi connectivity index (χ4v) is 3.26. The highest BCUT2D eigenvalue weighted by Crippen LogP contribution is 2.14. The Morgan fingerprint density at radius 2 is 1.83 bits per heavy atom. The summed E-state index contributed by atoms with van der Waals surface area (Å²) in [5.41, 5.74) is 0.953. The van der Waals surface area contributed by atoms with Crippen LogP contribution in [0.3, 0.4) is 0 Å². The molecule has 1 fully saturated rings. The van der Waals surface area contributed by atoms with Crippen LogP contribution in [0.1, 0.15) is 18.5 Å². The Morgan fingerprint density at radius 3 is 2.44 bits per heavy atom. The average molecular weight is 270 g/mol. The molecule has 18 heavy (non-hydrogen) atoms. The van der Waals surface area contributed by atoms with Crippen LogP contribution in [0, 0.1) is 0 Å². The van der Waals surface area contributed by atoms with Gasteiger partial charge in [-0.25, -0.2) is 0 Å². The number of hydrogen-bond donors (Lipinski definition) is 1. The van der Waals surface area contributed by atoms with Crippen molar-refractivity contribution in [3.63, 3.8) is 0 Å². The summed E-state index contributed by atoms with van der Waals surface area (Å²) in [6, 6.07) is 9.29. The molecule has 1 atom stereocenters. The van der Waals surface area contributed by atoms with E-state index in [-0.39, 0.29) is 6.04 Å². The lowest BCUT2D eigenvalue weighted by Gasteiger charge is -2.27. The minimum Gasteiger partial charge on any atom is -0.379 e. The zero-order chi connectivity index (χ0) is 13.0. The van der Waals surface area contributed by atoms with Crippen LogP contribution in [0.4, 0.5) is 0 Å². The second-order valence-electron chi connectivity index (χ2n) is 4.27. The summed E-state index contributed by atoms with van der Waals surface area (Å²) < 4.78 is 33.5. The van der Waals surface area contributed by atoms with Crippen LogP contribution in [-0.4, -0.2) is 39.0 Å². The smallest absolute Gasteiger partial charge is 0.280 e. The molecule has 0 aliphatic carbocycles. The van der Waals surface area contributed by atoms with Gasteiger partial charge in [0.25, 0.3) is 10.2 Å². The number of nitrogens with zero attached hydrogens (tertiary/aromatic N) is 1. The molecule has 0 amide bonds. The normalized spacial score (nSPS) is 19.6. The van der Waals surface area contributed by atoms with Gasteiger partial charge in [-0.2, -0.15) is 17.4 Å². The zero-order valence-corrected chi connectivity index (χ0v) is 11.2. The molecule has 0 radical (unpaired) electrons. The van der Waals surface area contributed by atoms with Gasteiger partial charge in [0, 0.05) is 19.1 Å². The minimum absolute atomic E-state index is 0.237. The quantitative estimate of drug-likeness (QED) is 0.885. The third-order valence-electron chi connectivity index (χ3n) is 2.94. The first-order chi connectivity index (χ1) is 8.59. The number of benzene rings is 1. The fraction of sp³-hybridized carbons (Fsp3) is 0.500. The predicted octanol–water partition coefficient (Wildman–Crippen LogP) is 0.914. The van der Waals surface area contributed by atoms with Crippen LogP contribution < -0.4 is 4.72 Å². The molecule has 1 aromatic carbocycles. The van der Waals surface area contributed by atoms with E-state index in [2.05, 4.69) is 4.72 Å². The molecule has 0 saturated carbocycles. The molecule has 1 aromatic rings. The van der Waals surface area contributed by atoms with Crippen molar-refractivity contribution in [1.29, 1.82) is 0 Å². The molecule has 1 saturated heterocycles. The van der Waals surface area contributed by atoms with Gasteiger partial charge in [-0.15, -0.1) is 0 Å². The van der Waals surface area contributed by atoms with Crippen molar-refractivity contribution in [2.75, 3.05) is 26.3 Å². The van der Waals surface area contributed by atoms with Gasteiger partial charge < -0.3 is 4.74 Å². The number of rotatable bonds is 4. The highest BCUT2D eigenvalue weighted by Gasteiger charge is 2.25. The summed E-state index contributed by atoms with van der Waals surface area (Å²) in [6.07, 6.45) is 0. The Balaban J connectivity index is 2.03. The van der Waals surface area contributed by atoms with Gasteiger partial charge in [-0.3, -0.25) is 0 Å². The van der Waals surface area contributed by atoms with Gasteiger partial charge in [-0.05, 0) is 12.5 Å². The van der Waals surface area contributed by atoms with Crippen molar-refractivity contribution >= 4 is 10.2 Å². The van der Waals surface area contributed by atoms with Crippen LogP contribution in [0.15, 0.2) is 30.3 Å². The van der Waals surface area contributed by atoms with E-state index in [0.29, 0.717) is 26.3 Å². The van der Waals surface area contributed by atoms with Gasteiger partial charge in [-0.1, -0.05) is 30.3 Å². The van der Waals surface area contributed by atoms with Crippen molar-refractivity contribution in [3.8, 4) is 0 Å². The van der Waals surface area contributed by atoms with E-state index in [1.165, 1.54) is 4.31 Å². The highest BCUT2D eigenvalue weighted by molar-refractivity contribution is 7.87. The Bertz CT molecular complexity index is 469. The first kappa shape index (κ1) is 13.5. The Hall–Kier alpha value is -0.950. The van der Waals surface area contributed by atoms with E-state index in [1.807, 2.05) is 37.3 Å². The fourth-order valence-electron chi connectivity index (χ4n) is 1.89. The maximum absolute atomic E-state index is 12.1. The number of nitrogens with one attached hydrogen (secondary N) is 1. The zero-order valence-electron chi connectivity index (χ0n) is 10.4. The maximum Gasteiger partial charge on any atom is 0.280 e. The first-order valence-electron chi connectivity index (χ1n) is 6.00. The van der Waals surface area contributed by atoms with Crippen LogP contribution in [0.2, 0.25) is 0 Å². The standard InChI is InChI=1S/C12H18N2O3S/c1-11(12-5-3-2-4-6-12)13-18(15,16)14-7-9-17-10-8-14/h2-6,11,13H,7-10H2,1H3. The summed E-state index contributed by atoms with van der Waals surface area (Å²) in [4.78, 5) is 0. The van der Waals surface area contributed by atoms with Crippen LogP contribution in [0.25, 0.3) is 0 Å². The largest absolute Gasteiger partial charge is 0.379 e. The predicted molar refractivity (Wildman–Crippen MR) is 69.3 cm³/mol. The summed E-state index contributed by atoms with van der Waals surface area (Å²) in [6.45, 7) is 3.59. The van der Waals surface area contributed by atoms with Gasteiger partial charge in [0.05, 0.1) is 13.2 Å². The summed E-state index contributed by atoms with van der Waals surface area (Å²) in [7, 11) is -3.43. The average Bonchev–Trinajstić information content (AvgIpc) is 2.40. The van der Waals surface area contributed by atoms with Gasteiger partial charge in [0.15, 0.2) is 0 Å².